The van der Waals surface area contributed by atoms with Crippen LogP contribution in [0.1, 0.15) is 28.4 Å². The molecule has 1 N–H and O–H groups in total. The van der Waals surface area contributed by atoms with E-state index in [1.54, 1.807) is 12.5 Å². The van der Waals surface area contributed by atoms with Crippen LogP contribution >= 0.6 is 11.3 Å². The summed E-state index contributed by atoms with van der Waals surface area (Å²) in [5.41, 5.74) is 1.26. The molecular weight excluding hydrogens is 310 g/mol. The van der Waals surface area contributed by atoms with Crippen LogP contribution in [0.25, 0.3) is 0 Å². The molecule has 7 heteroatoms. The fraction of sp³-hybridized carbons (Fsp3) is 0.562. The van der Waals surface area contributed by atoms with Crippen molar-refractivity contribution in [2.45, 2.75) is 38.5 Å². The third kappa shape index (κ3) is 3.68. The number of thiazole rings is 1. The summed E-state index contributed by atoms with van der Waals surface area (Å²) in [6.07, 6.45) is 6.61. The molecule has 2 aliphatic rings. The minimum absolute atomic E-state index is 0.499. The molecule has 0 spiro atoms. The van der Waals surface area contributed by atoms with Gasteiger partial charge in [0, 0.05) is 31.7 Å². The van der Waals surface area contributed by atoms with E-state index in [0.29, 0.717) is 6.04 Å². The second-order valence-electron chi connectivity index (χ2n) is 6.07. The minimum Gasteiger partial charge on any atom is -0.375 e. The van der Waals surface area contributed by atoms with Crippen LogP contribution in [-0.4, -0.2) is 45.6 Å². The highest BCUT2D eigenvalue weighted by molar-refractivity contribution is 7.11. The molecule has 0 radical (unpaired) electrons. The normalized spacial score (nSPS) is 19.5. The largest absolute Gasteiger partial charge is 0.375 e. The van der Waals surface area contributed by atoms with Gasteiger partial charge in [-0.2, -0.15) is 0 Å². The number of rotatable bonds is 4. The molecule has 0 amide bonds. The highest BCUT2D eigenvalue weighted by Crippen LogP contribution is 2.25. The summed E-state index contributed by atoms with van der Waals surface area (Å²) in [7, 11) is 0. The van der Waals surface area contributed by atoms with Crippen molar-refractivity contribution in [3.8, 4) is 0 Å². The number of hydrogen-bond donors (Lipinski definition) is 1. The highest BCUT2D eigenvalue weighted by atomic mass is 32.1. The Labute approximate surface area is 139 Å². The maximum absolute atomic E-state index is 5.51. The van der Waals surface area contributed by atoms with Crippen molar-refractivity contribution < 1.29 is 4.74 Å². The second kappa shape index (κ2) is 6.90. The third-order valence-corrected chi connectivity index (χ3v) is 5.48. The molecule has 0 saturated carbocycles. The average Bonchev–Trinajstić information content (AvgIpc) is 3.00. The summed E-state index contributed by atoms with van der Waals surface area (Å²) in [5, 5.41) is 4.74. The van der Waals surface area contributed by atoms with Gasteiger partial charge in [0.15, 0.2) is 0 Å². The molecule has 4 heterocycles. The molecule has 4 rings (SSSR count). The summed E-state index contributed by atoms with van der Waals surface area (Å²) < 4.78 is 5.51. The van der Waals surface area contributed by atoms with Crippen LogP contribution in [-0.2, 0) is 24.3 Å². The van der Waals surface area contributed by atoms with Crippen LogP contribution in [0.4, 0.5) is 5.82 Å². The standard InChI is InChI=1S/C16H21N5OS/c1-5-17-11-18-15(1)19-12-2-6-21(7-3-12)9-16-20-13-4-8-22-10-14(13)23-16/h1,5,11-12H,2-4,6-10H2,(H,17,18,19). The fourth-order valence-corrected chi connectivity index (χ4v) is 4.25. The predicted molar refractivity (Wildman–Crippen MR) is 89.4 cm³/mol. The number of nitrogens with one attached hydrogen (secondary N) is 1. The van der Waals surface area contributed by atoms with Crippen molar-refractivity contribution >= 4 is 17.2 Å². The Hall–Kier alpha value is -1.57. The first-order valence-corrected chi connectivity index (χ1v) is 8.98. The monoisotopic (exact) mass is 331 g/mol. The molecular formula is C16H21N5OS. The number of piperidine rings is 1. The summed E-state index contributed by atoms with van der Waals surface area (Å²) in [5.74, 6) is 0.922. The minimum atomic E-state index is 0.499. The quantitative estimate of drug-likeness (QED) is 0.925. The maximum Gasteiger partial charge on any atom is 0.129 e. The Kier molecular flexibility index (Phi) is 4.50. The Morgan fingerprint density at radius 3 is 3.04 bits per heavy atom. The Balaban J connectivity index is 1.29. The van der Waals surface area contributed by atoms with Gasteiger partial charge in [-0.25, -0.2) is 15.0 Å². The molecule has 23 heavy (non-hydrogen) atoms. The number of aromatic nitrogens is 3. The van der Waals surface area contributed by atoms with Gasteiger partial charge in [0.2, 0.25) is 0 Å². The van der Waals surface area contributed by atoms with E-state index in [2.05, 4.69) is 20.2 Å². The first kappa shape index (κ1) is 15.0. The topological polar surface area (TPSA) is 63.2 Å². The molecule has 2 aromatic rings. The van der Waals surface area contributed by atoms with E-state index in [1.807, 2.05) is 17.4 Å². The lowest BCUT2D eigenvalue weighted by Gasteiger charge is -2.32. The van der Waals surface area contributed by atoms with Crippen molar-refractivity contribution in [2.24, 2.45) is 0 Å². The molecule has 0 atom stereocenters. The van der Waals surface area contributed by atoms with Gasteiger partial charge in [-0.15, -0.1) is 11.3 Å². The van der Waals surface area contributed by atoms with E-state index in [9.17, 15) is 0 Å². The zero-order chi connectivity index (χ0) is 15.5. The first-order chi connectivity index (χ1) is 11.4. The Bertz CT molecular complexity index is 616. The van der Waals surface area contributed by atoms with Crippen LogP contribution in [0.15, 0.2) is 18.6 Å². The van der Waals surface area contributed by atoms with Crippen molar-refractivity contribution in [3.05, 3.63) is 34.2 Å². The number of nitrogens with zero attached hydrogens (tertiary/aromatic N) is 4. The van der Waals surface area contributed by atoms with Crippen molar-refractivity contribution in [2.75, 3.05) is 25.0 Å². The molecule has 122 valence electrons. The van der Waals surface area contributed by atoms with Crippen LogP contribution < -0.4 is 5.32 Å². The lowest BCUT2D eigenvalue weighted by atomic mass is 10.1. The van der Waals surface area contributed by atoms with Gasteiger partial charge >= 0.3 is 0 Å². The smallest absolute Gasteiger partial charge is 0.129 e. The van der Waals surface area contributed by atoms with Crippen LogP contribution in [0, 0.1) is 0 Å². The number of anilines is 1. The molecule has 0 aromatic carbocycles. The third-order valence-electron chi connectivity index (χ3n) is 4.42. The number of fused-ring (bicyclic) bond motifs is 1. The average molecular weight is 331 g/mol. The molecule has 2 aromatic heterocycles. The summed E-state index contributed by atoms with van der Waals surface area (Å²) in [6.45, 7) is 4.74. The van der Waals surface area contributed by atoms with E-state index in [4.69, 9.17) is 9.72 Å². The van der Waals surface area contributed by atoms with E-state index in [-0.39, 0.29) is 0 Å². The number of hydrogen-bond acceptors (Lipinski definition) is 7. The maximum atomic E-state index is 5.51. The lowest BCUT2D eigenvalue weighted by molar-refractivity contribution is 0.112. The molecule has 6 nitrogen and oxygen atoms in total. The second-order valence-corrected chi connectivity index (χ2v) is 7.24. The van der Waals surface area contributed by atoms with Gasteiger partial charge in [-0.1, -0.05) is 0 Å². The van der Waals surface area contributed by atoms with Crippen LogP contribution in [0.2, 0.25) is 0 Å². The van der Waals surface area contributed by atoms with E-state index in [1.165, 1.54) is 15.6 Å². The van der Waals surface area contributed by atoms with Gasteiger partial charge in [0.25, 0.3) is 0 Å². The molecule has 1 saturated heterocycles. The molecule has 0 unspecified atom stereocenters. The summed E-state index contributed by atoms with van der Waals surface area (Å²) in [4.78, 5) is 16.8. The van der Waals surface area contributed by atoms with Crippen molar-refractivity contribution in [3.63, 3.8) is 0 Å². The van der Waals surface area contributed by atoms with Crippen molar-refractivity contribution in [1.82, 2.24) is 19.9 Å². The number of ether oxygens (including phenoxy) is 1. The van der Waals surface area contributed by atoms with E-state index < -0.39 is 0 Å². The lowest BCUT2D eigenvalue weighted by Crippen LogP contribution is -2.38. The molecule has 0 aliphatic carbocycles. The number of likely N-dealkylation sites (tertiary alicyclic amines) is 1. The highest BCUT2D eigenvalue weighted by Gasteiger charge is 2.22. The van der Waals surface area contributed by atoms with Gasteiger partial charge in [-0.05, 0) is 18.9 Å². The van der Waals surface area contributed by atoms with Crippen molar-refractivity contribution in [1.29, 1.82) is 0 Å². The fourth-order valence-electron chi connectivity index (χ4n) is 3.16. The molecule has 1 fully saturated rings. The summed E-state index contributed by atoms with van der Waals surface area (Å²) in [6, 6.07) is 2.42. The van der Waals surface area contributed by atoms with Gasteiger partial charge in [0.1, 0.15) is 17.2 Å². The molecule has 0 bridgehead atoms. The van der Waals surface area contributed by atoms with Gasteiger partial charge in [-0.3, -0.25) is 4.90 Å². The zero-order valence-corrected chi connectivity index (χ0v) is 13.9. The van der Waals surface area contributed by atoms with Crippen LogP contribution in [0.5, 0.6) is 0 Å². The van der Waals surface area contributed by atoms with E-state index in [0.717, 1.165) is 57.9 Å². The molecule has 2 aliphatic heterocycles. The zero-order valence-electron chi connectivity index (χ0n) is 13.1. The Morgan fingerprint density at radius 1 is 1.35 bits per heavy atom. The summed E-state index contributed by atoms with van der Waals surface area (Å²) >= 11 is 1.82. The van der Waals surface area contributed by atoms with E-state index >= 15 is 0 Å². The van der Waals surface area contributed by atoms with Gasteiger partial charge in [0.05, 0.1) is 30.3 Å². The predicted octanol–water partition coefficient (Wildman–Crippen LogP) is 2.08. The Morgan fingerprint density at radius 2 is 2.26 bits per heavy atom. The van der Waals surface area contributed by atoms with Gasteiger partial charge < -0.3 is 10.1 Å². The SMILES string of the molecule is c1cc(NC2CCN(Cc3nc4c(s3)COCC4)CC2)ncn1. The van der Waals surface area contributed by atoms with Crippen LogP contribution in [0.3, 0.4) is 0 Å². The first-order valence-electron chi connectivity index (χ1n) is 8.17.